The lowest BCUT2D eigenvalue weighted by Crippen LogP contribution is -2.47. The monoisotopic (exact) mass is 270 g/mol. The zero-order chi connectivity index (χ0) is 13.9. The lowest BCUT2D eigenvalue weighted by molar-refractivity contribution is -0.123. The molecule has 20 heavy (non-hydrogen) atoms. The Hall–Kier alpha value is -2.14. The first-order chi connectivity index (χ1) is 9.74. The van der Waals surface area contributed by atoms with Crippen molar-refractivity contribution in [1.82, 2.24) is 20.4 Å². The van der Waals surface area contributed by atoms with E-state index in [9.17, 15) is 4.79 Å². The zero-order valence-electron chi connectivity index (χ0n) is 11.5. The summed E-state index contributed by atoms with van der Waals surface area (Å²) in [6, 6.07) is 10.0. The molecular formula is C15H18N4O. The third kappa shape index (κ3) is 2.58. The van der Waals surface area contributed by atoms with E-state index in [0.29, 0.717) is 6.54 Å². The molecule has 0 spiro atoms. The van der Waals surface area contributed by atoms with Crippen molar-refractivity contribution >= 4 is 5.91 Å². The van der Waals surface area contributed by atoms with Crippen LogP contribution in [0.5, 0.6) is 0 Å². The van der Waals surface area contributed by atoms with Gasteiger partial charge in [0.05, 0.1) is 18.3 Å². The predicted molar refractivity (Wildman–Crippen MR) is 75.8 cm³/mol. The number of hydrogen-bond donors (Lipinski definition) is 2. The molecule has 2 heterocycles. The number of benzene rings is 1. The molecule has 1 aromatic heterocycles. The number of amides is 1. The molecule has 1 aromatic carbocycles. The maximum atomic E-state index is 12.2. The third-order valence-electron chi connectivity index (χ3n) is 3.76. The molecule has 5 nitrogen and oxygen atoms in total. The van der Waals surface area contributed by atoms with E-state index in [4.69, 9.17) is 0 Å². The molecule has 0 saturated heterocycles. The van der Waals surface area contributed by atoms with E-state index in [0.717, 1.165) is 18.7 Å². The third-order valence-corrected chi connectivity index (χ3v) is 3.76. The zero-order valence-corrected chi connectivity index (χ0v) is 11.5. The predicted octanol–water partition coefficient (Wildman–Crippen LogP) is 0.751. The largest absolute Gasteiger partial charge is 0.349 e. The Kier molecular flexibility index (Phi) is 3.52. The Morgan fingerprint density at radius 3 is 2.95 bits per heavy atom. The summed E-state index contributed by atoms with van der Waals surface area (Å²) in [5, 5.41) is 10.3. The van der Waals surface area contributed by atoms with Gasteiger partial charge in [-0.3, -0.25) is 9.48 Å². The van der Waals surface area contributed by atoms with Crippen molar-refractivity contribution < 1.29 is 4.79 Å². The van der Waals surface area contributed by atoms with Crippen molar-refractivity contribution in [2.24, 2.45) is 7.05 Å². The van der Waals surface area contributed by atoms with Crippen LogP contribution in [0.4, 0.5) is 0 Å². The molecular weight excluding hydrogens is 252 g/mol. The number of nitrogens with zero attached hydrogens (tertiary/aromatic N) is 2. The fourth-order valence-electron chi connectivity index (χ4n) is 2.52. The highest BCUT2D eigenvalue weighted by Gasteiger charge is 2.23. The van der Waals surface area contributed by atoms with Gasteiger partial charge in [0.2, 0.25) is 5.91 Å². The first kappa shape index (κ1) is 12.9. The van der Waals surface area contributed by atoms with Crippen LogP contribution in [0, 0.1) is 0 Å². The van der Waals surface area contributed by atoms with Gasteiger partial charge in [0.1, 0.15) is 0 Å². The molecule has 1 amide bonds. The van der Waals surface area contributed by atoms with Crippen LogP contribution >= 0.6 is 0 Å². The Bertz CT molecular complexity index is 620. The van der Waals surface area contributed by atoms with Crippen molar-refractivity contribution in [2.45, 2.75) is 25.6 Å². The summed E-state index contributed by atoms with van der Waals surface area (Å²) in [6.45, 7) is 1.26. The number of rotatable bonds is 3. The van der Waals surface area contributed by atoms with Gasteiger partial charge in [0.25, 0.3) is 0 Å². The van der Waals surface area contributed by atoms with Crippen LogP contribution in [0.2, 0.25) is 0 Å². The minimum absolute atomic E-state index is 0.0423. The average Bonchev–Trinajstić information content (AvgIpc) is 2.89. The summed E-state index contributed by atoms with van der Waals surface area (Å²) in [5.41, 5.74) is 3.53. The van der Waals surface area contributed by atoms with Crippen LogP contribution in [0.25, 0.3) is 0 Å². The maximum absolute atomic E-state index is 12.2. The first-order valence-corrected chi connectivity index (χ1v) is 6.79. The SMILES string of the molecule is Cn1nccc1CNC(=O)[C@@H]1Cc2ccccc2CN1. The summed E-state index contributed by atoms with van der Waals surface area (Å²) >= 11 is 0. The second-order valence-electron chi connectivity index (χ2n) is 5.07. The number of fused-ring (bicyclic) bond motifs is 1. The van der Waals surface area contributed by atoms with Gasteiger partial charge in [0, 0.05) is 19.8 Å². The van der Waals surface area contributed by atoms with E-state index in [1.54, 1.807) is 10.9 Å². The summed E-state index contributed by atoms with van der Waals surface area (Å²) < 4.78 is 1.77. The lowest BCUT2D eigenvalue weighted by atomic mass is 9.95. The van der Waals surface area contributed by atoms with Gasteiger partial charge >= 0.3 is 0 Å². The molecule has 3 rings (SSSR count). The number of aromatic nitrogens is 2. The Morgan fingerprint density at radius 1 is 1.40 bits per heavy atom. The summed E-state index contributed by atoms with van der Waals surface area (Å²) in [7, 11) is 1.87. The highest BCUT2D eigenvalue weighted by Crippen LogP contribution is 2.16. The van der Waals surface area contributed by atoms with E-state index in [1.807, 2.05) is 25.2 Å². The fraction of sp³-hybridized carbons (Fsp3) is 0.333. The van der Waals surface area contributed by atoms with Crippen LogP contribution in [0.15, 0.2) is 36.5 Å². The average molecular weight is 270 g/mol. The summed E-state index contributed by atoms with van der Waals surface area (Å²) in [6.07, 6.45) is 2.48. The molecule has 1 atom stereocenters. The molecule has 2 aromatic rings. The van der Waals surface area contributed by atoms with Crippen LogP contribution in [0.1, 0.15) is 16.8 Å². The first-order valence-electron chi connectivity index (χ1n) is 6.79. The quantitative estimate of drug-likeness (QED) is 0.865. The molecule has 0 bridgehead atoms. The fourth-order valence-corrected chi connectivity index (χ4v) is 2.52. The van der Waals surface area contributed by atoms with Crippen molar-refractivity contribution in [1.29, 1.82) is 0 Å². The highest BCUT2D eigenvalue weighted by molar-refractivity contribution is 5.82. The molecule has 0 unspecified atom stereocenters. The van der Waals surface area contributed by atoms with Gasteiger partial charge < -0.3 is 10.6 Å². The summed E-state index contributed by atoms with van der Waals surface area (Å²) in [5.74, 6) is 0.0423. The van der Waals surface area contributed by atoms with Crippen molar-refractivity contribution in [3.05, 3.63) is 53.3 Å². The minimum atomic E-state index is -0.155. The topological polar surface area (TPSA) is 59.0 Å². The number of carbonyl (C=O) groups is 1. The lowest BCUT2D eigenvalue weighted by Gasteiger charge is -2.25. The smallest absolute Gasteiger partial charge is 0.237 e. The molecule has 1 aliphatic rings. The van der Waals surface area contributed by atoms with Gasteiger partial charge in [-0.2, -0.15) is 5.10 Å². The molecule has 5 heteroatoms. The van der Waals surface area contributed by atoms with E-state index >= 15 is 0 Å². The second-order valence-corrected chi connectivity index (χ2v) is 5.07. The van der Waals surface area contributed by atoms with Gasteiger partial charge in [-0.25, -0.2) is 0 Å². The Morgan fingerprint density at radius 2 is 2.20 bits per heavy atom. The number of aryl methyl sites for hydroxylation is 1. The molecule has 0 saturated carbocycles. The van der Waals surface area contributed by atoms with Gasteiger partial charge in [0.15, 0.2) is 0 Å². The molecule has 0 fully saturated rings. The molecule has 1 aliphatic heterocycles. The second kappa shape index (κ2) is 5.46. The van der Waals surface area contributed by atoms with Crippen LogP contribution in [-0.4, -0.2) is 21.7 Å². The summed E-state index contributed by atoms with van der Waals surface area (Å²) in [4.78, 5) is 12.2. The van der Waals surface area contributed by atoms with Gasteiger partial charge in [-0.05, 0) is 23.6 Å². The van der Waals surface area contributed by atoms with Gasteiger partial charge in [-0.1, -0.05) is 24.3 Å². The molecule has 2 N–H and O–H groups in total. The Labute approximate surface area is 118 Å². The van der Waals surface area contributed by atoms with E-state index in [2.05, 4.69) is 27.9 Å². The molecule has 104 valence electrons. The molecule has 0 aliphatic carbocycles. The highest BCUT2D eigenvalue weighted by atomic mass is 16.2. The minimum Gasteiger partial charge on any atom is -0.349 e. The van der Waals surface area contributed by atoms with Crippen molar-refractivity contribution in [2.75, 3.05) is 0 Å². The normalized spacial score (nSPS) is 17.6. The number of nitrogens with one attached hydrogen (secondary N) is 2. The molecule has 0 radical (unpaired) electrons. The van der Waals surface area contributed by atoms with E-state index < -0.39 is 0 Å². The van der Waals surface area contributed by atoms with Crippen molar-refractivity contribution in [3.63, 3.8) is 0 Å². The van der Waals surface area contributed by atoms with Gasteiger partial charge in [-0.15, -0.1) is 0 Å². The Balaban J connectivity index is 1.60. The van der Waals surface area contributed by atoms with E-state index in [1.165, 1.54) is 11.1 Å². The van der Waals surface area contributed by atoms with Crippen LogP contribution < -0.4 is 10.6 Å². The van der Waals surface area contributed by atoms with E-state index in [-0.39, 0.29) is 11.9 Å². The standard InChI is InChI=1S/C15H18N4O/c1-19-13(6-7-18-19)10-17-15(20)14-8-11-4-2-3-5-12(11)9-16-14/h2-7,14,16H,8-10H2,1H3,(H,17,20)/t14-/m0/s1. The maximum Gasteiger partial charge on any atom is 0.237 e. The van der Waals surface area contributed by atoms with Crippen LogP contribution in [0.3, 0.4) is 0 Å². The number of hydrogen-bond acceptors (Lipinski definition) is 3. The number of carbonyl (C=O) groups excluding carboxylic acids is 1. The van der Waals surface area contributed by atoms with Crippen LogP contribution in [-0.2, 0) is 31.4 Å². The van der Waals surface area contributed by atoms with Crippen molar-refractivity contribution in [3.8, 4) is 0 Å².